The van der Waals surface area contributed by atoms with Crippen LogP contribution in [-0.2, 0) is 23.9 Å². The van der Waals surface area contributed by atoms with Crippen LogP contribution >= 0.6 is 0 Å². The Bertz CT molecular complexity index is 301. The van der Waals surface area contributed by atoms with Crippen LogP contribution < -0.4 is 5.73 Å². The lowest BCUT2D eigenvalue weighted by molar-refractivity contribution is 0.466. The summed E-state index contributed by atoms with van der Waals surface area (Å²) >= 11 is 0. The molecule has 0 rings (SSSR count). The fourth-order valence-electron chi connectivity index (χ4n) is 0.367. The Hall–Kier alpha value is -0.180. The SMILES string of the molecule is CS(=O)(=O)OS(=O)(=O)CCN. The van der Waals surface area contributed by atoms with Crippen LogP contribution in [0.5, 0.6) is 0 Å². The summed E-state index contributed by atoms with van der Waals surface area (Å²) in [5.74, 6) is -0.500. The molecule has 0 aliphatic carbocycles. The molecule has 0 spiro atoms. The van der Waals surface area contributed by atoms with Crippen molar-refractivity contribution in [2.75, 3.05) is 18.6 Å². The van der Waals surface area contributed by atoms with Gasteiger partial charge in [-0.2, -0.15) is 16.8 Å². The van der Waals surface area contributed by atoms with E-state index < -0.39 is 26.0 Å². The summed E-state index contributed by atoms with van der Waals surface area (Å²) in [5.41, 5.74) is 4.88. The van der Waals surface area contributed by atoms with Gasteiger partial charge >= 0.3 is 0 Å². The van der Waals surface area contributed by atoms with Crippen molar-refractivity contribution < 1.29 is 20.5 Å². The molecule has 0 aromatic carbocycles. The zero-order chi connectivity index (χ0) is 9.12. The zero-order valence-corrected chi connectivity index (χ0v) is 7.48. The van der Waals surface area contributed by atoms with Crippen LogP contribution in [-0.4, -0.2) is 35.4 Å². The number of nitrogens with two attached hydrogens (primary N) is 1. The summed E-state index contributed by atoms with van der Waals surface area (Å²) in [6.07, 6.45) is 0.654. The maximum Gasteiger partial charge on any atom is 0.283 e. The van der Waals surface area contributed by atoms with Crippen LogP contribution in [0.3, 0.4) is 0 Å². The molecule has 0 amide bonds. The molecular formula is C3H9NO5S2. The van der Waals surface area contributed by atoms with Gasteiger partial charge in [0.2, 0.25) is 0 Å². The molecule has 6 nitrogen and oxygen atoms in total. The standard InChI is InChI=1S/C3H9NO5S2/c1-10(5,6)9-11(7,8)3-2-4/h2-4H2,1H3. The minimum absolute atomic E-state index is 0.169. The maximum absolute atomic E-state index is 10.6. The third-order valence-electron chi connectivity index (χ3n) is 0.595. The van der Waals surface area contributed by atoms with Gasteiger partial charge in [-0.15, -0.1) is 3.63 Å². The first-order chi connectivity index (χ1) is 4.77. The van der Waals surface area contributed by atoms with Crippen LogP contribution in [0.1, 0.15) is 0 Å². The lowest BCUT2D eigenvalue weighted by Crippen LogP contribution is -2.20. The first-order valence-electron chi connectivity index (χ1n) is 2.61. The molecule has 68 valence electrons. The summed E-state index contributed by atoms with van der Waals surface area (Å²) in [5, 5.41) is 0. The van der Waals surface area contributed by atoms with E-state index in [2.05, 4.69) is 3.63 Å². The normalized spacial score (nSPS) is 13.3. The average molecular weight is 203 g/mol. The van der Waals surface area contributed by atoms with E-state index >= 15 is 0 Å². The Balaban J connectivity index is 4.40. The Morgan fingerprint density at radius 2 is 1.73 bits per heavy atom. The van der Waals surface area contributed by atoms with E-state index in [9.17, 15) is 16.8 Å². The average Bonchev–Trinajstić information content (AvgIpc) is 1.55. The summed E-state index contributed by atoms with van der Waals surface area (Å²) in [6.45, 7) is -0.169. The van der Waals surface area contributed by atoms with Gasteiger partial charge < -0.3 is 5.73 Å². The number of hydrogen-bond donors (Lipinski definition) is 1. The van der Waals surface area contributed by atoms with Crippen LogP contribution in [0.2, 0.25) is 0 Å². The lowest BCUT2D eigenvalue weighted by atomic mass is 10.8. The van der Waals surface area contributed by atoms with Crippen LogP contribution in [0.15, 0.2) is 0 Å². The highest BCUT2D eigenvalue weighted by atomic mass is 32.3. The molecule has 0 atom stereocenters. The molecule has 2 N–H and O–H groups in total. The Morgan fingerprint density at radius 3 is 2.00 bits per heavy atom. The summed E-state index contributed by atoms with van der Waals surface area (Å²) < 4.78 is 45.4. The topological polar surface area (TPSA) is 104 Å². The molecule has 11 heavy (non-hydrogen) atoms. The number of rotatable bonds is 4. The van der Waals surface area contributed by atoms with Crippen molar-refractivity contribution in [3.05, 3.63) is 0 Å². The second-order valence-electron chi connectivity index (χ2n) is 1.82. The predicted octanol–water partition coefficient (Wildman–Crippen LogP) is -1.75. The highest BCUT2D eigenvalue weighted by Crippen LogP contribution is 1.97. The van der Waals surface area contributed by atoms with Gasteiger partial charge in [-0.3, -0.25) is 0 Å². The number of hydrogen-bond acceptors (Lipinski definition) is 6. The van der Waals surface area contributed by atoms with E-state index in [0.717, 1.165) is 0 Å². The maximum atomic E-state index is 10.6. The molecule has 0 saturated heterocycles. The third kappa shape index (κ3) is 6.23. The monoisotopic (exact) mass is 203 g/mol. The van der Waals surface area contributed by atoms with E-state index in [-0.39, 0.29) is 6.54 Å². The second-order valence-corrected chi connectivity index (χ2v) is 5.30. The first-order valence-corrected chi connectivity index (χ1v) is 6.00. The molecule has 0 aromatic heterocycles. The van der Waals surface area contributed by atoms with Crippen LogP contribution in [0.4, 0.5) is 0 Å². The van der Waals surface area contributed by atoms with Gasteiger partial charge in [0.1, 0.15) is 0 Å². The fraction of sp³-hybridized carbons (Fsp3) is 1.00. The van der Waals surface area contributed by atoms with Crippen LogP contribution in [0.25, 0.3) is 0 Å². The molecule has 0 radical (unpaired) electrons. The fourth-order valence-corrected chi connectivity index (χ4v) is 2.43. The predicted molar refractivity (Wildman–Crippen MR) is 38.8 cm³/mol. The molecule has 8 heteroatoms. The molecule has 0 heterocycles. The van der Waals surface area contributed by atoms with Crippen LogP contribution in [0, 0.1) is 0 Å². The van der Waals surface area contributed by atoms with Crippen molar-refractivity contribution in [1.82, 2.24) is 0 Å². The Labute approximate surface area is 65.6 Å². The van der Waals surface area contributed by atoms with E-state index in [0.29, 0.717) is 6.26 Å². The van der Waals surface area contributed by atoms with Gasteiger partial charge in [0.05, 0.1) is 12.0 Å². The third-order valence-corrected chi connectivity index (χ3v) is 3.15. The summed E-state index contributed by atoms with van der Waals surface area (Å²) in [7, 11) is -7.95. The van der Waals surface area contributed by atoms with Crippen molar-refractivity contribution in [2.45, 2.75) is 0 Å². The van der Waals surface area contributed by atoms with E-state index in [1.54, 1.807) is 0 Å². The smallest absolute Gasteiger partial charge is 0.283 e. The molecule has 0 aromatic rings. The van der Waals surface area contributed by atoms with Gasteiger partial charge in [-0.05, 0) is 0 Å². The molecule has 0 fully saturated rings. The van der Waals surface area contributed by atoms with Gasteiger partial charge in [-0.25, -0.2) is 0 Å². The molecule has 0 aliphatic heterocycles. The van der Waals surface area contributed by atoms with Crippen molar-refractivity contribution in [3.8, 4) is 0 Å². The Morgan fingerprint density at radius 1 is 1.27 bits per heavy atom. The van der Waals surface area contributed by atoms with Crippen molar-refractivity contribution >= 4 is 20.2 Å². The molecule has 0 bridgehead atoms. The minimum atomic E-state index is -4.00. The largest absolute Gasteiger partial charge is 0.329 e. The molecular weight excluding hydrogens is 194 g/mol. The van der Waals surface area contributed by atoms with Gasteiger partial charge in [0.15, 0.2) is 0 Å². The van der Waals surface area contributed by atoms with Gasteiger partial charge in [-0.1, -0.05) is 0 Å². The van der Waals surface area contributed by atoms with Gasteiger partial charge in [0.25, 0.3) is 20.2 Å². The first kappa shape index (κ1) is 10.8. The van der Waals surface area contributed by atoms with Crippen molar-refractivity contribution in [2.24, 2.45) is 5.73 Å². The Kier molecular flexibility index (Phi) is 3.42. The lowest BCUT2D eigenvalue weighted by Gasteiger charge is -1.99. The highest BCUT2D eigenvalue weighted by molar-refractivity contribution is 7.99. The zero-order valence-electron chi connectivity index (χ0n) is 5.85. The molecule has 0 saturated carbocycles. The van der Waals surface area contributed by atoms with E-state index in [1.165, 1.54) is 0 Å². The minimum Gasteiger partial charge on any atom is -0.329 e. The molecule has 0 aliphatic rings. The highest BCUT2D eigenvalue weighted by Gasteiger charge is 2.16. The van der Waals surface area contributed by atoms with E-state index in [4.69, 9.17) is 5.73 Å². The molecule has 0 unspecified atom stereocenters. The van der Waals surface area contributed by atoms with E-state index in [1.807, 2.05) is 0 Å². The quantitative estimate of drug-likeness (QED) is 0.581. The second kappa shape index (κ2) is 3.48. The van der Waals surface area contributed by atoms with Crippen molar-refractivity contribution in [1.29, 1.82) is 0 Å². The summed E-state index contributed by atoms with van der Waals surface area (Å²) in [6, 6.07) is 0. The van der Waals surface area contributed by atoms with Crippen molar-refractivity contribution in [3.63, 3.8) is 0 Å². The summed E-state index contributed by atoms with van der Waals surface area (Å²) in [4.78, 5) is 0. The van der Waals surface area contributed by atoms with Gasteiger partial charge in [0, 0.05) is 6.54 Å².